The molecule has 2 aromatic heterocycles. The van der Waals surface area contributed by atoms with Crippen LogP contribution >= 0.6 is 0 Å². The molecule has 0 bridgehead atoms. The molecule has 0 atom stereocenters. The standard InChI is InChI=1S/C14H19N3O2/c1-11-5-3-8-17-10-12(15-14(11)17)9-16(2)7-4-6-13(18)19/h3,5,8,10H,4,6-7,9H2,1-2H3,(H,18,19). The highest BCUT2D eigenvalue weighted by Crippen LogP contribution is 2.11. The summed E-state index contributed by atoms with van der Waals surface area (Å²) in [5.41, 5.74) is 3.14. The second-order valence-corrected chi connectivity index (χ2v) is 4.89. The fourth-order valence-electron chi connectivity index (χ4n) is 2.14. The van der Waals surface area contributed by atoms with Gasteiger partial charge in [-0.3, -0.25) is 4.79 Å². The van der Waals surface area contributed by atoms with Gasteiger partial charge in [-0.05, 0) is 38.6 Å². The predicted molar refractivity (Wildman–Crippen MR) is 73.1 cm³/mol. The van der Waals surface area contributed by atoms with E-state index in [1.165, 1.54) is 0 Å². The van der Waals surface area contributed by atoms with E-state index in [0.29, 0.717) is 6.42 Å². The molecule has 0 unspecified atom stereocenters. The Bertz CT molecular complexity index is 577. The Hall–Kier alpha value is -1.88. The van der Waals surface area contributed by atoms with Crippen molar-refractivity contribution in [1.29, 1.82) is 0 Å². The number of aromatic nitrogens is 2. The minimum Gasteiger partial charge on any atom is -0.481 e. The van der Waals surface area contributed by atoms with Crippen LogP contribution in [0.4, 0.5) is 0 Å². The fourth-order valence-corrected chi connectivity index (χ4v) is 2.14. The van der Waals surface area contributed by atoms with Crippen LogP contribution in [0, 0.1) is 6.92 Å². The smallest absolute Gasteiger partial charge is 0.303 e. The Morgan fingerprint density at radius 1 is 1.53 bits per heavy atom. The number of aryl methyl sites for hydroxylation is 1. The average molecular weight is 261 g/mol. The van der Waals surface area contributed by atoms with Crippen LogP contribution in [0.2, 0.25) is 0 Å². The largest absolute Gasteiger partial charge is 0.481 e. The van der Waals surface area contributed by atoms with Crippen LogP contribution in [0.5, 0.6) is 0 Å². The number of hydrogen-bond acceptors (Lipinski definition) is 3. The van der Waals surface area contributed by atoms with Crippen LogP contribution in [-0.4, -0.2) is 39.0 Å². The minimum absolute atomic E-state index is 0.217. The van der Waals surface area contributed by atoms with E-state index < -0.39 is 5.97 Å². The molecule has 0 amide bonds. The summed E-state index contributed by atoms with van der Waals surface area (Å²) in [6.07, 6.45) is 4.89. The van der Waals surface area contributed by atoms with Crippen molar-refractivity contribution in [2.75, 3.05) is 13.6 Å². The molecule has 2 heterocycles. The molecule has 0 aliphatic heterocycles. The lowest BCUT2D eigenvalue weighted by molar-refractivity contribution is -0.137. The number of carboxylic acids is 1. The molecule has 0 aromatic carbocycles. The van der Waals surface area contributed by atoms with Crippen molar-refractivity contribution >= 4 is 11.6 Å². The van der Waals surface area contributed by atoms with E-state index in [9.17, 15) is 4.79 Å². The third kappa shape index (κ3) is 3.54. The van der Waals surface area contributed by atoms with E-state index in [2.05, 4.69) is 9.88 Å². The molecule has 0 fully saturated rings. The Balaban J connectivity index is 1.97. The van der Waals surface area contributed by atoms with Gasteiger partial charge in [0.25, 0.3) is 0 Å². The van der Waals surface area contributed by atoms with Gasteiger partial charge in [-0.1, -0.05) is 6.07 Å². The molecule has 0 aliphatic rings. The number of nitrogens with zero attached hydrogens (tertiary/aromatic N) is 3. The molecule has 0 saturated carbocycles. The number of carbonyl (C=O) groups is 1. The molecule has 1 N–H and O–H groups in total. The second kappa shape index (κ2) is 5.84. The number of imidazole rings is 1. The van der Waals surface area contributed by atoms with Crippen molar-refractivity contribution in [3.05, 3.63) is 35.8 Å². The third-order valence-corrected chi connectivity index (χ3v) is 3.09. The van der Waals surface area contributed by atoms with Crippen molar-refractivity contribution in [2.45, 2.75) is 26.3 Å². The molecule has 5 heteroatoms. The Labute approximate surface area is 112 Å². The summed E-state index contributed by atoms with van der Waals surface area (Å²) in [4.78, 5) is 17.2. The highest BCUT2D eigenvalue weighted by molar-refractivity contribution is 5.66. The first-order valence-electron chi connectivity index (χ1n) is 6.40. The number of aliphatic carboxylic acids is 1. The fraction of sp³-hybridized carbons (Fsp3) is 0.429. The molecule has 102 valence electrons. The van der Waals surface area contributed by atoms with Gasteiger partial charge in [-0.25, -0.2) is 4.98 Å². The number of hydrogen-bond donors (Lipinski definition) is 1. The van der Waals surface area contributed by atoms with E-state index in [1.54, 1.807) is 0 Å². The van der Waals surface area contributed by atoms with Gasteiger partial charge in [0.2, 0.25) is 0 Å². The quantitative estimate of drug-likeness (QED) is 0.863. The van der Waals surface area contributed by atoms with Gasteiger partial charge in [0.15, 0.2) is 0 Å². The minimum atomic E-state index is -0.739. The summed E-state index contributed by atoms with van der Waals surface area (Å²) in [6, 6.07) is 4.05. The Kier molecular flexibility index (Phi) is 4.16. The first-order valence-corrected chi connectivity index (χ1v) is 6.40. The van der Waals surface area contributed by atoms with Gasteiger partial charge >= 0.3 is 5.97 Å². The van der Waals surface area contributed by atoms with E-state index in [4.69, 9.17) is 5.11 Å². The van der Waals surface area contributed by atoms with Crippen molar-refractivity contribution < 1.29 is 9.90 Å². The molecular formula is C14H19N3O2. The average Bonchev–Trinajstić information content (AvgIpc) is 2.72. The van der Waals surface area contributed by atoms with Gasteiger partial charge < -0.3 is 14.4 Å². The van der Waals surface area contributed by atoms with Crippen LogP contribution in [0.15, 0.2) is 24.5 Å². The Morgan fingerprint density at radius 3 is 3.00 bits per heavy atom. The molecule has 5 nitrogen and oxygen atoms in total. The number of pyridine rings is 1. The zero-order chi connectivity index (χ0) is 13.8. The highest BCUT2D eigenvalue weighted by Gasteiger charge is 2.07. The highest BCUT2D eigenvalue weighted by atomic mass is 16.4. The maximum absolute atomic E-state index is 10.5. The van der Waals surface area contributed by atoms with Crippen LogP contribution in [0.3, 0.4) is 0 Å². The zero-order valence-electron chi connectivity index (χ0n) is 11.3. The SMILES string of the molecule is Cc1cccn2cc(CN(C)CCCC(=O)O)nc12. The summed E-state index contributed by atoms with van der Waals surface area (Å²) in [5.74, 6) is -0.739. The normalized spacial score (nSPS) is 11.3. The van der Waals surface area contributed by atoms with Gasteiger partial charge in [-0.2, -0.15) is 0 Å². The maximum Gasteiger partial charge on any atom is 0.303 e. The van der Waals surface area contributed by atoms with Crippen molar-refractivity contribution in [3.63, 3.8) is 0 Å². The third-order valence-electron chi connectivity index (χ3n) is 3.09. The van der Waals surface area contributed by atoms with Crippen molar-refractivity contribution in [2.24, 2.45) is 0 Å². The predicted octanol–water partition coefficient (Wildman–Crippen LogP) is 1.94. The lowest BCUT2D eigenvalue weighted by Crippen LogP contribution is -2.20. The molecule has 2 aromatic rings. The lowest BCUT2D eigenvalue weighted by atomic mass is 10.3. The maximum atomic E-state index is 10.5. The molecular weight excluding hydrogens is 242 g/mol. The molecule has 19 heavy (non-hydrogen) atoms. The van der Waals surface area contributed by atoms with E-state index in [1.807, 2.05) is 42.9 Å². The van der Waals surface area contributed by atoms with Crippen molar-refractivity contribution in [3.8, 4) is 0 Å². The van der Waals surface area contributed by atoms with Gasteiger partial charge in [0.05, 0.1) is 5.69 Å². The zero-order valence-corrected chi connectivity index (χ0v) is 11.3. The first kappa shape index (κ1) is 13.5. The summed E-state index contributed by atoms with van der Waals surface area (Å²) < 4.78 is 2.02. The van der Waals surface area contributed by atoms with Gasteiger partial charge in [-0.15, -0.1) is 0 Å². The molecule has 0 aliphatic carbocycles. The van der Waals surface area contributed by atoms with E-state index >= 15 is 0 Å². The second-order valence-electron chi connectivity index (χ2n) is 4.89. The molecule has 0 radical (unpaired) electrons. The number of fused-ring (bicyclic) bond motifs is 1. The van der Waals surface area contributed by atoms with E-state index in [-0.39, 0.29) is 6.42 Å². The summed E-state index contributed by atoms with van der Waals surface area (Å²) in [6.45, 7) is 3.54. The van der Waals surface area contributed by atoms with Gasteiger partial charge in [0.1, 0.15) is 5.65 Å². The molecule has 0 saturated heterocycles. The number of carboxylic acid groups (broad SMARTS) is 1. The van der Waals surface area contributed by atoms with Crippen LogP contribution < -0.4 is 0 Å². The van der Waals surface area contributed by atoms with Crippen molar-refractivity contribution in [1.82, 2.24) is 14.3 Å². The summed E-state index contributed by atoms with van der Waals surface area (Å²) >= 11 is 0. The first-order chi connectivity index (χ1) is 9.06. The monoisotopic (exact) mass is 261 g/mol. The topological polar surface area (TPSA) is 57.8 Å². The lowest BCUT2D eigenvalue weighted by Gasteiger charge is -2.13. The van der Waals surface area contributed by atoms with Crippen LogP contribution in [0.1, 0.15) is 24.1 Å². The van der Waals surface area contributed by atoms with E-state index in [0.717, 1.165) is 30.0 Å². The Morgan fingerprint density at radius 2 is 2.32 bits per heavy atom. The summed E-state index contributed by atoms with van der Waals surface area (Å²) in [5, 5.41) is 8.61. The summed E-state index contributed by atoms with van der Waals surface area (Å²) in [7, 11) is 1.98. The molecule has 0 spiro atoms. The van der Waals surface area contributed by atoms with Crippen LogP contribution in [0.25, 0.3) is 5.65 Å². The number of rotatable bonds is 6. The van der Waals surface area contributed by atoms with Crippen LogP contribution in [-0.2, 0) is 11.3 Å². The molecule has 2 rings (SSSR count). The van der Waals surface area contributed by atoms with Gasteiger partial charge in [0, 0.05) is 25.4 Å².